The molecule has 0 aliphatic carbocycles. The molecule has 0 saturated carbocycles. The Morgan fingerprint density at radius 3 is 2.67 bits per heavy atom. The van der Waals surface area contributed by atoms with Gasteiger partial charge in [0.2, 0.25) is 0 Å². The zero-order valence-electron chi connectivity index (χ0n) is 5.76. The van der Waals surface area contributed by atoms with Gasteiger partial charge in [0.1, 0.15) is 6.29 Å². The summed E-state index contributed by atoms with van der Waals surface area (Å²) in [5.74, 6) is 0. The van der Waals surface area contributed by atoms with Crippen LogP contribution in [0.1, 0.15) is 26.2 Å². The van der Waals surface area contributed by atoms with Crippen LogP contribution in [0.4, 0.5) is 0 Å². The Bertz CT molecular complexity index is 119. The lowest BCUT2D eigenvalue weighted by atomic mass is 10.3. The van der Waals surface area contributed by atoms with Gasteiger partial charge in [0.25, 0.3) is 0 Å². The van der Waals surface area contributed by atoms with Crippen molar-refractivity contribution in [1.29, 1.82) is 0 Å². The molecule has 0 bridgehead atoms. The minimum atomic E-state index is 0.616. The predicted molar refractivity (Wildman–Crippen MR) is 38.2 cm³/mol. The van der Waals surface area contributed by atoms with E-state index in [0.717, 1.165) is 19.1 Å². The molecule has 0 aromatic heterocycles. The first kappa shape index (κ1) is 8.19. The van der Waals surface area contributed by atoms with E-state index in [1.165, 1.54) is 0 Å². The fraction of sp³-hybridized carbons (Fsp3) is 0.500. The third-order valence-electron chi connectivity index (χ3n) is 0.869. The lowest BCUT2D eigenvalue weighted by Crippen LogP contribution is -1.67. The summed E-state index contributed by atoms with van der Waals surface area (Å²) in [5, 5.41) is 0. The van der Waals surface area contributed by atoms with Crippen molar-refractivity contribution >= 4 is 6.29 Å². The minimum absolute atomic E-state index is 0.616. The Morgan fingerprint density at radius 1 is 1.33 bits per heavy atom. The Hall–Kier alpha value is -0.810. The summed E-state index contributed by atoms with van der Waals surface area (Å²) in [7, 11) is 0. The molecule has 0 spiro atoms. The number of hydrogen-bond donors (Lipinski definition) is 0. The number of allylic oxidation sites excluding steroid dienone is 1. The van der Waals surface area contributed by atoms with E-state index in [2.05, 4.69) is 12.7 Å². The van der Waals surface area contributed by atoms with Gasteiger partial charge in [0.05, 0.1) is 0 Å². The smallest absolute Gasteiger partial charge is 0.120 e. The van der Waals surface area contributed by atoms with Gasteiger partial charge in [-0.05, 0) is 25.0 Å². The predicted octanol–water partition coefficient (Wildman–Crippen LogP) is 2.09. The first-order valence-corrected chi connectivity index (χ1v) is 3.24. The summed E-state index contributed by atoms with van der Waals surface area (Å²) in [5.41, 5.74) is 2.96. The normalized spacial score (nSPS) is 7.67. The number of hydrogen-bond acceptors (Lipinski definition) is 1. The lowest BCUT2D eigenvalue weighted by Gasteiger charge is -1.75. The van der Waals surface area contributed by atoms with E-state index in [9.17, 15) is 4.79 Å². The second-order valence-corrected chi connectivity index (χ2v) is 1.73. The monoisotopic (exact) mass is 124 g/mol. The molecule has 0 saturated heterocycles. The van der Waals surface area contributed by atoms with Gasteiger partial charge in [0.15, 0.2) is 0 Å². The number of rotatable bonds is 4. The number of unbranched alkanes of at least 4 members (excludes halogenated alkanes) is 1. The van der Waals surface area contributed by atoms with Crippen molar-refractivity contribution in [1.82, 2.24) is 0 Å². The lowest BCUT2D eigenvalue weighted by molar-refractivity contribution is -0.107. The van der Waals surface area contributed by atoms with Crippen molar-refractivity contribution in [2.45, 2.75) is 26.2 Å². The molecular weight excluding hydrogens is 112 g/mol. The Morgan fingerprint density at radius 2 is 2.11 bits per heavy atom. The summed E-state index contributed by atoms with van der Waals surface area (Å²) in [6.07, 6.45) is 7.20. The molecular formula is C8H12O. The fourth-order valence-electron chi connectivity index (χ4n) is 0.436. The second-order valence-electron chi connectivity index (χ2n) is 1.73. The first-order chi connectivity index (χ1) is 4.41. The van der Waals surface area contributed by atoms with Crippen molar-refractivity contribution < 1.29 is 4.79 Å². The standard InChI is InChI=1S/C8H12O/c1-2-3-4-5-6-7-8-9/h3,5,8H,2,6-7H2,1H3. The number of carbonyl (C=O) groups is 1. The van der Waals surface area contributed by atoms with E-state index in [-0.39, 0.29) is 0 Å². The highest BCUT2D eigenvalue weighted by Gasteiger charge is 1.73. The van der Waals surface area contributed by atoms with Crippen LogP contribution in [0.25, 0.3) is 0 Å². The van der Waals surface area contributed by atoms with E-state index >= 15 is 0 Å². The van der Waals surface area contributed by atoms with Crippen LogP contribution in [0.15, 0.2) is 17.9 Å². The van der Waals surface area contributed by atoms with Crippen molar-refractivity contribution in [3.63, 3.8) is 0 Å². The molecule has 0 fully saturated rings. The van der Waals surface area contributed by atoms with Crippen molar-refractivity contribution in [3.05, 3.63) is 17.9 Å². The molecule has 0 aliphatic heterocycles. The third-order valence-corrected chi connectivity index (χ3v) is 0.869. The van der Waals surface area contributed by atoms with E-state index in [1.807, 2.05) is 12.2 Å². The molecule has 0 unspecified atom stereocenters. The topological polar surface area (TPSA) is 17.1 Å². The van der Waals surface area contributed by atoms with Gasteiger partial charge < -0.3 is 4.79 Å². The maximum absolute atomic E-state index is 9.78. The SMILES string of the molecule is CCC=C=CCCC=O. The highest BCUT2D eigenvalue weighted by molar-refractivity contribution is 5.49. The van der Waals surface area contributed by atoms with Crippen LogP contribution in [0.2, 0.25) is 0 Å². The summed E-state index contributed by atoms with van der Waals surface area (Å²) < 4.78 is 0. The van der Waals surface area contributed by atoms with Gasteiger partial charge in [-0.15, -0.1) is 5.73 Å². The Kier molecular flexibility index (Phi) is 6.54. The van der Waals surface area contributed by atoms with Crippen molar-refractivity contribution in [2.75, 3.05) is 0 Å². The molecule has 0 heterocycles. The first-order valence-electron chi connectivity index (χ1n) is 3.24. The zero-order valence-corrected chi connectivity index (χ0v) is 5.76. The van der Waals surface area contributed by atoms with Crippen LogP contribution >= 0.6 is 0 Å². The Labute approximate surface area is 56.1 Å². The maximum atomic E-state index is 9.78. The van der Waals surface area contributed by atoms with E-state index in [1.54, 1.807) is 0 Å². The van der Waals surface area contributed by atoms with Gasteiger partial charge in [-0.2, -0.15) is 0 Å². The molecule has 0 aromatic carbocycles. The van der Waals surface area contributed by atoms with Gasteiger partial charge >= 0.3 is 0 Å². The van der Waals surface area contributed by atoms with Crippen LogP contribution < -0.4 is 0 Å². The van der Waals surface area contributed by atoms with Crippen LogP contribution in [-0.2, 0) is 4.79 Å². The van der Waals surface area contributed by atoms with Crippen LogP contribution in [0, 0.1) is 0 Å². The molecule has 9 heavy (non-hydrogen) atoms. The average molecular weight is 124 g/mol. The van der Waals surface area contributed by atoms with Crippen molar-refractivity contribution in [2.24, 2.45) is 0 Å². The molecule has 0 amide bonds. The third kappa shape index (κ3) is 7.19. The summed E-state index contributed by atoms with van der Waals surface area (Å²) in [6.45, 7) is 2.06. The average Bonchev–Trinajstić information content (AvgIpc) is 1.89. The van der Waals surface area contributed by atoms with Crippen LogP contribution in [0.5, 0.6) is 0 Å². The zero-order chi connectivity index (χ0) is 6.95. The highest BCUT2D eigenvalue weighted by Crippen LogP contribution is 1.84. The largest absolute Gasteiger partial charge is 0.303 e. The summed E-state index contributed by atoms with van der Waals surface area (Å²) in [4.78, 5) is 9.78. The molecule has 0 aliphatic rings. The molecule has 50 valence electrons. The van der Waals surface area contributed by atoms with Gasteiger partial charge in [-0.3, -0.25) is 0 Å². The summed E-state index contributed by atoms with van der Waals surface area (Å²) >= 11 is 0. The fourth-order valence-corrected chi connectivity index (χ4v) is 0.436. The number of carbonyl (C=O) groups excluding carboxylic acids is 1. The molecule has 0 N–H and O–H groups in total. The van der Waals surface area contributed by atoms with Crippen LogP contribution in [-0.4, -0.2) is 6.29 Å². The van der Waals surface area contributed by atoms with E-state index in [0.29, 0.717) is 6.42 Å². The minimum Gasteiger partial charge on any atom is -0.303 e. The van der Waals surface area contributed by atoms with E-state index < -0.39 is 0 Å². The molecule has 1 heteroatoms. The summed E-state index contributed by atoms with van der Waals surface area (Å²) in [6, 6.07) is 0. The molecule has 0 rings (SSSR count). The van der Waals surface area contributed by atoms with Gasteiger partial charge in [-0.1, -0.05) is 6.92 Å². The molecule has 0 radical (unpaired) electrons. The maximum Gasteiger partial charge on any atom is 0.120 e. The quantitative estimate of drug-likeness (QED) is 0.318. The van der Waals surface area contributed by atoms with Crippen molar-refractivity contribution in [3.8, 4) is 0 Å². The molecule has 1 nitrogen and oxygen atoms in total. The van der Waals surface area contributed by atoms with E-state index in [4.69, 9.17) is 0 Å². The number of aldehydes is 1. The van der Waals surface area contributed by atoms with Gasteiger partial charge in [-0.25, -0.2) is 0 Å². The van der Waals surface area contributed by atoms with Crippen LogP contribution in [0.3, 0.4) is 0 Å². The molecule has 0 aromatic rings. The second kappa shape index (κ2) is 7.19. The van der Waals surface area contributed by atoms with Gasteiger partial charge in [0, 0.05) is 6.42 Å². The molecule has 0 atom stereocenters. The highest BCUT2D eigenvalue weighted by atomic mass is 16.1. The Balaban J connectivity index is 3.23.